The molecule has 2 amide bonds. The lowest BCUT2D eigenvalue weighted by molar-refractivity contribution is -0.151. The number of nitrogens with one attached hydrogen (secondary N) is 1. The number of aromatic nitrogens is 1. The van der Waals surface area contributed by atoms with Crippen LogP contribution >= 0.6 is 11.3 Å². The normalized spacial score (nSPS) is 10.5. The molecule has 3 rings (SSSR count). The van der Waals surface area contributed by atoms with Crippen LogP contribution in [-0.4, -0.2) is 47.9 Å². The summed E-state index contributed by atoms with van der Waals surface area (Å²) in [5, 5.41) is 5.45. The monoisotopic (exact) mass is 451 g/mol. The first-order valence-corrected chi connectivity index (χ1v) is 11.0. The van der Waals surface area contributed by atoms with Crippen molar-refractivity contribution in [2.45, 2.75) is 20.3 Å². The van der Waals surface area contributed by atoms with Crippen molar-refractivity contribution in [3.05, 3.63) is 70.7 Å². The standard InChI is InChI=1S/C24H25N3O4S/c1-16-8-7-9-17(2)23(16)26-20(28)13-27(3)21(29)14-31-22(30)12-19-15-32-24(25-19)18-10-5-4-6-11-18/h4-11,15H,12-14H2,1-3H3,(H,26,28). The highest BCUT2D eigenvalue weighted by molar-refractivity contribution is 7.13. The van der Waals surface area contributed by atoms with E-state index in [9.17, 15) is 14.4 Å². The van der Waals surface area contributed by atoms with Crippen LogP contribution in [0.3, 0.4) is 0 Å². The van der Waals surface area contributed by atoms with Crippen molar-refractivity contribution in [3.63, 3.8) is 0 Å². The third-order valence-electron chi connectivity index (χ3n) is 4.81. The molecule has 0 aliphatic rings. The van der Waals surface area contributed by atoms with Gasteiger partial charge in [-0.25, -0.2) is 4.98 Å². The van der Waals surface area contributed by atoms with Gasteiger partial charge in [0.15, 0.2) is 6.61 Å². The molecule has 0 atom stereocenters. The van der Waals surface area contributed by atoms with Crippen molar-refractivity contribution in [3.8, 4) is 10.6 Å². The molecule has 3 aromatic rings. The Bertz CT molecular complexity index is 1090. The van der Waals surface area contributed by atoms with E-state index in [4.69, 9.17) is 4.74 Å². The molecule has 0 saturated heterocycles. The molecule has 1 aromatic heterocycles. The molecular formula is C24H25N3O4S. The SMILES string of the molecule is Cc1cccc(C)c1NC(=O)CN(C)C(=O)COC(=O)Cc1csc(-c2ccccc2)n1. The molecule has 2 aromatic carbocycles. The molecule has 1 N–H and O–H groups in total. The van der Waals surface area contributed by atoms with Gasteiger partial charge in [-0.15, -0.1) is 11.3 Å². The molecule has 1 heterocycles. The van der Waals surface area contributed by atoms with E-state index in [1.165, 1.54) is 23.3 Å². The lowest BCUT2D eigenvalue weighted by Crippen LogP contribution is -2.37. The van der Waals surface area contributed by atoms with Crippen LogP contribution in [0.4, 0.5) is 5.69 Å². The number of likely N-dealkylation sites (N-methyl/N-ethyl adjacent to an activating group) is 1. The molecular weight excluding hydrogens is 426 g/mol. The number of esters is 1. The fourth-order valence-electron chi connectivity index (χ4n) is 3.05. The molecule has 0 aliphatic carbocycles. The summed E-state index contributed by atoms with van der Waals surface area (Å²) in [6, 6.07) is 15.4. The van der Waals surface area contributed by atoms with Crippen LogP contribution in [0.25, 0.3) is 10.6 Å². The van der Waals surface area contributed by atoms with Crippen LogP contribution in [0.2, 0.25) is 0 Å². The second-order valence-corrected chi connectivity index (χ2v) is 8.27. The lowest BCUT2D eigenvalue weighted by atomic mass is 10.1. The molecule has 0 unspecified atom stereocenters. The highest BCUT2D eigenvalue weighted by atomic mass is 32.1. The minimum Gasteiger partial charge on any atom is -0.455 e. The molecule has 0 fully saturated rings. The highest BCUT2D eigenvalue weighted by Gasteiger charge is 2.17. The molecule has 166 valence electrons. The first-order valence-electron chi connectivity index (χ1n) is 10.1. The van der Waals surface area contributed by atoms with Crippen LogP contribution in [0, 0.1) is 13.8 Å². The van der Waals surface area contributed by atoms with E-state index in [0.29, 0.717) is 5.69 Å². The molecule has 8 heteroatoms. The average molecular weight is 452 g/mol. The Balaban J connectivity index is 1.45. The van der Waals surface area contributed by atoms with Crippen LogP contribution < -0.4 is 5.32 Å². The number of para-hydroxylation sites is 1. The Morgan fingerprint density at radius 2 is 1.72 bits per heavy atom. The smallest absolute Gasteiger partial charge is 0.312 e. The number of carbonyl (C=O) groups is 3. The Morgan fingerprint density at radius 3 is 2.41 bits per heavy atom. The molecule has 0 bridgehead atoms. The number of hydrogen-bond donors (Lipinski definition) is 1. The third-order valence-corrected chi connectivity index (χ3v) is 5.75. The topological polar surface area (TPSA) is 88.6 Å². The van der Waals surface area contributed by atoms with Crippen molar-refractivity contribution < 1.29 is 19.1 Å². The van der Waals surface area contributed by atoms with Gasteiger partial charge >= 0.3 is 5.97 Å². The summed E-state index contributed by atoms with van der Waals surface area (Å²) in [7, 11) is 1.49. The van der Waals surface area contributed by atoms with Crippen molar-refractivity contribution in [2.75, 3.05) is 25.5 Å². The number of rotatable bonds is 8. The first-order chi connectivity index (χ1) is 15.3. The zero-order valence-corrected chi connectivity index (χ0v) is 19.1. The minimum absolute atomic E-state index is 0.0205. The van der Waals surface area contributed by atoms with Crippen LogP contribution in [0.15, 0.2) is 53.9 Å². The molecule has 0 saturated carbocycles. The number of carbonyl (C=O) groups excluding carboxylic acids is 3. The van der Waals surface area contributed by atoms with Gasteiger partial charge in [-0.05, 0) is 25.0 Å². The van der Waals surface area contributed by atoms with E-state index in [-0.39, 0.29) is 18.9 Å². The van der Waals surface area contributed by atoms with Gasteiger partial charge in [0.2, 0.25) is 5.91 Å². The van der Waals surface area contributed by atoms with Gasteiger partial charge in [0.25, 0.3) is 5.91 Å². The summed E-state index contributed by atoms with van der Waals surface area (Å²) in [5.41, 5.74) is 4.20. The number of hydrogen-bond acceptors (Lipinski definition) is 6. The van der Waals surface area contributed by atoms with Crippen LogP contribution in [0.5, 0.6) is 0 Å². The van der Waals surface area contributed by atoms with Gasteiger partial charge in [0, 0.05) is 23.7 Å². The maximum absolute atomic E-state index is 12.3. The van der Waals surface area contributed by atoms with Gasteiger partial charge in [0.05, 0.1) is 18.7 Å². The van der Waals surface area contributed by atoms with Crippen molar-refractivity contribution in [1.29, 1.82) is 0 Å². The number of nitrogens with zero attached hydrogens (tertiary/aromatic N) is 2. The second-order valence-electron chi connectivity index (χ2n) is 7.41. The molecule has 7 nitrogen and oxygen atoms in total. The Hall–Kier alpha value is -3.52. The van der Waals surface area contributed by atoms with Gasteiger partial charge in [-0.2, -0.15) is 0 Å². The summed E-state index contributed by atoms with van der Waals surface area (Å²) >= 11 is 1.44. The van der Waals surface area contributed by atoms with Gasteiger partial charge < -0.3 is 15.0 Å². The van der Waals surface area contributed by atoms with Crippen molar-refractivity contribution in [1.82, 2.24) is 9.88 Å². The summed E-state index contributed by atoms with van der Waals surface area (Å²) in [6.07, 6.45) is -0.0205. The first kappa shape index (κ1) is 23.1. The summed E-state index contributed by atoms with van der Waals surface area (Å²) in [4.78, 5) is 42.4. The maximum atomic E-state index is 12.3. The minimum atomic E-state index is -0.545. The van der Waals surface area contributed by atoms with Crippen molar-refractivity contribution in [2.24, 2.45) is 0 Å². The maximum Gasteiger partial charge on any atom is 0.312 e. The largest absolute Gasteiger partial charge is 0.455 e. The predicted octanol–water partition coefficient (Wildman–Crippen LogP) is 3.61. The molecule has 0 aliphatic heterocycles. The third kappa shape index (κ3) is 6.24. The molecule has 0 spiro atoms. The molecule has 32 heavy (non-hydrogen) atoms. The fraction of sp³-hybridized carbons (Fsp3) is 0.250. The summed E-state index contributed by atoms with van der Waals surface area (Å²) in [6.45, 7) is 3.24. The predicted molar refractivity (Wildman–Crippen MR) is 124 cm³/mol. The van der Waals surface area contributed by atoms with E-state index >= 15 is 0 Å². The number of ether oxygens (including phenoxy) is 1. The summed E-state index contributed by atoms with van der Waals surface area (Å²) < 4.78 is 5.08. The van der Waals surface area contributed by atoms with E-state index < -0.39 is 18.5 Å². The lowest BCUT2D eigenvalue weighted by Gasteiger charge is -2.18. The Kier molecular flexibility index (Phi) is 7.72. The summed E-state index contributed by atoms with van der Waals surface area (Å²) in [5.74, 6) is -1.32. The van der Waals surface area contributed by atoms with E-state index in [1.54, 1.807) is 5.38 Å². The highest BCUT2D eigenvalue weighted by Crippen LogP contribution is 2.23. The number of benzene rings is 2. The Labute approximate surface area is 191 Å². The van der Waals surface area contributed by atoms with E-state index in [2.05, 4.69) is 10.3 Å². The quantitative estimate of drug-likeness (QED) is 0.529. The zero-order chi connectivity index (χ0) is 23.1. The van der Waals surface area contributed by atoms with Crippen molar-refractivity contribution >= 4 is 34.8 Å². The fourth-order valence-corrected chi connectivity index (χ4v) is 3.87. The van der Waals surface area contributed by atoms with Crippen LogP contribution in [0.1, 0.15) is 16.8 Å². The number of thiazole rings is 1. The molecule has 0 radical (unpaired) electrons. The van der Waals surface area contributed by atoms with E-state index in [1.807, 2.05) is 62.4 Å². The van der Waals surface area contributed by atoms with E-state index in [0.717, 1.165) is 27.4 Å². The number of amides is 2. The number of anilines is 1. The van der Waals surface area contributed by atoms with Crippen LogP contribution in [-0.2, 0) is 25.5 Å². The Morgan fingerprint density at radius 1 is 1.03 bits per heavy atom. The average Bonchev–Trinajstić information content (AvgIpc) is 3.23. The second kappa shape index (κ2) is 10.7. The van der Waals surface area contributed by atoms with Gasteiger partial charge in [-0.3, -0.25) is 14.4 Å². The number of aryl methyl sites for hydroxylation is 2. The van der Waals surface area contributed by atoms with Gasteiger partial charge in [0.1, 0.15) is 5.01 Å². The zero-order valence-electron chi connectivity index (χ0n) is 18.3. The van der Waals surface area contributed by atoms with Gasteiger partial charge in [-0.1, -0.05) is 48.5 Å².